The molecule has 0 amide bonds. The van der Waals surface area contributed by atoms with Gasteiger partial charge in [-0.15, -0.1) is 11.3 Å². The first-order chi connectivity index (χ1) is 11.9. The highest BCUT2D eigenvalue weighted by Gasteiger charge is 2.39. The Bertz CT molecular complexity index is 718. The molecule has 2 aromatic rings. The third kappa shape index (κ3) is 2.41. The quantitative estimate of drug-likeness (QED) is 0.717. The normalized spacial score (nSPS) is 29.3. The topological polar surface area (TPSA) is 12.5 Å². The third-order valence-corrected chi connectivity index (χ3v) is 7.09. The first-order valence-electron chi connectivity index (χ1n) is 9.48. The molecule has 126 valence electrons. The van der Waals surface area contributed by atoms with E-state index in [2.05, 4.69) is 40.6 Å². The van der Waals surface area contributed by atoms with Gasteiger partial charge in [0.25, 0.3) is 0 Å². The summed E-state index contributed by atoms with van der Waals surface area (Å²) < 4.78 is 6.74. The van der Waals surface area contributed by atoms with Crippen molar-refractivity contribution in [3.05, 3.63) is 51.7 Å². The van der Waals surface area contributed by atoms with Gasteiger partial charge >= 0.3 is 0 Å². The lowest BCUT2D eigenvalue weighted by Gasteiger charge is -2.40. The molecular formula is C21H25NOS. The number of rotatable bonds is 2. The van der Waals surface area contributed by atoms with Crippen LogP contribution >= 0.6 is 11.3 Å². The number of nitrogens with zero attached hydrogens (tertiary/aromatic N) is 1. The fourth-order valence-electron chi connectivity index (χ4n) is 4.85. The van der Waals surface area contributed by atoms with Gasteiger partial charge in [0.15, 0.2) is 0 Å². The van der Waals surface area contributed by atoms with Gasteiger partial charge in [0.1, 0.15) is 6.10 Å². The second-order valence-corrected chi connectivity index (χ2v) is 8.39. The van der Waals surface area contributed by atoms with Gasteiger partial charge in [-0.2, -0.15) is 0 Å². The average Bonchev–Trinajstić information content (AvgIpc) is 3.33. The number of benzene rings is 1. The Kier molecular flexibility index (Phi) is 3.87. The van der Waals surface area contributed by atoms with Gasteiger partial charge in [0.05, 0.1) is 6.10 Å². The number of fused-ring (bicyclic) bond motifs is 3. The zero-order valence-corrected chi connectivity index (χ0v) is 14.9. The van der Waals surface area contributed by atoms with Crippen LogP contribution in [0, 0.1) is 0 Å². The van der Waals surface area contributed by atoms with Crippen LogP contribution in [-0.4, -0.2) is 19.2 Å². The second-order valence-electron chi connectivity index (χ2n) is 7.44. The molecule has 0 spiro atoms. The van der Waals surface area contributed by atoms with E-state index in [9.17, 15) is 0 Å². The third-order valence-electron chi connectivity index (χ3n) is 6.03. The van der Waals surface area contributed by atoms with E-state index in [1.807, 2.05) is 11.3 Å². The zero-order valence-electron chi connectivity index (χ0n) is 14.1. The van der Waals surface area contributed by atoms with Crippen molar-refractivity contribution in [2.75, 3.05) is 18.0 Å². The largest absolute Gasteiger partial charge is 0.371 e. The fraction of sp³-hybridized carbons (Fsp3) is 0.524. The molecule has 24 heavy (non-hydrogen) atoms. The SMILES string of the molecule is c1ccc(N2CCCC2)c(C2OC3CCCCC3c3sccc32)c1. The minimum atomic E-state index is 0.127. The molecule has 1 saturated carbocycles. The van der Waals surface area contributed by atoms with Gasteiger partial charge in [-0.1, -0.05) is 31.0 Å². The number of para-hydroxylation sites is 1. The van der Waals surface area contributed by atoms with Crippen LogP contribution < -0.4 is 4.90 Å². The molecule has 2 nitrogen and oxygen atoms in total. The second kappa shape index (κ2) is 6.20. The summed E-state index contributed by atoms with van der Waals surface area (Å²) in [5, 5.41) is 2.27. The summed E-state index contributed by atoms with van der Waals surface area (Å²) in [6.45, 7) is 2.37. The molecule has 1 aromatic carbocycles. The molecule has 1 aliphatic carbocycles. The Balaban J connectivity index is 1.57. The molecule has 3 heteroatoms. The predicted octanol–water partition coefficient (Wildman–Crippen LogP) is 5.49. The monoisotopic (exact) mass is 339 g/mol. The van der Waals surface area contributed by atoms with Crippen LogP contribution in [0.15, 0.2) is 35.7 Å². The first-order valence-corrected chi connectivity index (χ1v) is 10.4. The number of anilines is 1. The minimum absolute atomic E-state index is 0.127. The Morgan fingerprint density at radius 3 is 2.67 bits per heavy atom. The van der Waals surface area contributed by atoms with Gasteiger partial charge in [-0.3, -0.25) is 0 Å². The van der Waals surface area contributed by atoms with Crippen molar-refractivity contribution in [3.8, 4) is 0 Å². The van der Waals surface area contributed by atoms with Gasteiger partial charge in [-0.25, -0.2) is 0 Å². The van der Waals surface area contributed by atoms with Crippen LogP contribution in [0.4, 0.5) is 5.69 Å². The van der Waals surface area contributed by atoms with Gasteiger partial charge in [0, 0.05) is 35.1 Å². The predicted molar refractivity (Wildman–Crippen MR) is 100 cm³/mol. The van der Waals surface area contributed by atoms with E-state index in [1.54, 1.807) is 4.88 Å². The Hall–Kier alpha value is -1.32. The molecule has 2 aliphatic heterocycles. The molecule has 3 unspecified atom stereocenters. The smallest absolute Gasteiger partial charge is 0.111 e. The van der Waals surface area contributed by atoms with Crippen molar-refractivity contribution >= 4 is 17.0 Å². The highest BCUT2D eigenvalue weighted by molar-refractivity contribution is 7.10. The molecule has 3 atom stereocenters. The summed E-state index contributed by atoms with van der Waals surface area (Å²) in [4.78, 5) is 4.16. The van der Waals surface area contributed by atoms with Crippen molar-refractivity contribution in [2.24, 2.45) is 0 Å². The number of ether oxygens (including phenoxy) is 1. The van der Waals surface area contributed by atoms with E-state index in [0.29, 0.717) is 12.0 Å². The summed E-state index contributed by atoms with van der Waals surface area (Å²) in [6, 6.07) is 11.3. The Labute approximate surface area is 148 Å². The molecule has 0 radical (unpaired) electrons. The summed E-state index contributed by atoms with van der Waals surface area (Å²) in [7, 11) is 0. The lowest BCUT2D eigenvalue weighted by molar-refractivity contribution is -0.0372. The van der Waals surface area contributed by atoms with E-state index in [4.69, 9.17) is 4.74 Å². The van der Waals surface area contributed by atoms with Crippen LogP contribution in [0.2, 0.25) is 0 Å². The van der Waals surface area contributed by atoms with Gasteiger partial charge < -0.3 is 9.64 Å². The number of hydrogen-bond acceptors (Lipinski definition) is 3. The van der Waals surface area contributed by atoms with Crippen molar-refractivity contribution < 1.29 is 4.74 Å². The molecule has 3 heterocycles. The molecule has 0 N–H and O–H groups in total. The number of thiophene rings is 1. The summed E-state index contributed by atoms with van der Waals surface area (Å²) in [5.41, 5.74) is 4.21. The first kappa shape index (κ1) is 15.0. The van der Waals surface area contributed by atoms with Crippen molar-refractivity contribution in [1.29, 1.82) is 0 Å². The average molecular weight is 340 g/mol. The van der Waals surface area contributed by atoms with E-state index in [1.165, 1.54) is 68.4 Å². The fourth-order valence-corrected chi connectivity index (χ4v) is 5.97. The van der Waals surface area contributed by atoms with Crippen molar-refractivity contribution in [2.45, 2.75) is 56.7 Å². The molecule has 1 aromatic heterocycles. The van der Waals surface area contributed by atoms with Crippen LogP contribution in [-0.2, 0) is 4.74 Å². The lowest BCUT2D eigenvalue weighted by atomic mass is 9.80. The highest BCUT2D eigenvalue weighted by atomic mass is 32.1. The number of hydrogen-bond donors (Lipinski definition) is 0. The Morgan fingerprint density at radius 1 is 0.917 bits per heavy atom. The van der Waals surface area contributed by atoms with E-state index < -0.39 is 0 Å². The van der Waals surface area contributed by atoms with Crippen LogP contribution in [0.5, 0.6) is 0 Å². The molecule has 1 saturated heterocycles. The summed E-state index contributed by atoms with van der Waals surface area (Å²) in [6.07, 6.45) is 8.38. The van der Waals surface area contributed by atoms with Crippen LogP contribution in [0.1, 0.15) is 66.6 Å². The van der Waals surface area contributed by atoms with Gasteiger partial charge in [0.2, 0.25) is 0 Å². The molecule has 2 fully saturated rings. The van der Waals surface area contributed by atoms with Crippen molar-refractivity contribution in [1.82, 2.24) is 0 Å². The lowest BCUT2D eigenvalue weighted by Crippen LogP contribution is -2.33. The van der Waals surface area contributed by atoms with E-state index in [-0.39, 0.29) is 6.10 Å². The zero-order chi connectivity index (χ0) is 15.9. The minimum Gasteiger partial charge on any atom is -0.371 e. The summed E-state index contributed by atoms with van der Waals surface area (Å²) in [5.74, 6) is 0.643. The van der Waals surface area contributed by atoms with Crippen LogP contribution in [0.3, 0.4) is 0 Å². The van der Waals surface area contributed by atoms with Crippen molar-refractivity contribution in [3.63, 3.8) is 0 Å². The van der Waals surface area contributed by atoms with E-state index in [0.717, 1.165) is 0 Å². The maximum Gasteiger partial charge on any atom is 0.111 e. The van der Waals surface area contributed by atoms with Crippen LogP contribution in [0.25, 0.3) is 0 Å². The van der Waals surface area contributed by atoms with E-state index >= 15 is 0 Å². The standard InChI is InChI=1S/C21H25NOS/c1-3-9-18(22-12-5-6-13-22)15(7-1)20-17-11-14-24-21(17)16-8-2-4-10-19(16)23-20/h1,3,7,9,11,14,16,19-20H,2,4-6,8,10,12-13H2. The molecule has 0 bridgehead atoms. The maximum atomic E-state index is 6.74. The van der Waals surface area contributed by atoms with Gasteiger partial charge in [-0.05, 0) is 48.8 Å². The molecule has 5 rings (SSSR count). The summed E-state index contributed by atoms with van der Waals surface area (Å²) >= 11 is 1.95. The Morgan fingerprint density at radius 2 is 1.75 bits per heavy atom. The molecular weight excluding hydrogens is 314 g/mol. The highest BCUT2D eigenvalue weighted by Crippen LogP contribution is 2.50. The molecule has 3 aliphatic rings. The maximum absolute atomic E-state index is 6.74.